The summed E-state index contributed by atoms with van der Waals surface area (Å²) in [6, 6.07) is 15.2. The Labute approximate surface area is 226 Å². The van der Waals surface area contributed by atoms with E-state index in [2.05, 4.69) is 45.9 Å². The second kappa shape index (κ2) is 10.6. The van der Waals surface area contributed by atoms with Gasteiger partial charge in [0.05, 0.1) is 13.0 Å². The summed E-state index contributed by atoms with van der Waals surface area (Å²) in [5, 5.41) is 7.97. The van der Waals surface area contributed by atoms with E-state index >= 15 is 0 Å². The minimum atomic E-state index is -0.357. The fraction of sp³-hybridized carbons (Fsp3) is 0.581. The molecule has 1 saturated carbocycles. The number of methoxy groups -OCH3 is 1. The Bertz CT molecular complexity index is 1120. The summed E-state index contributed by atoms with van der Waals surface area (Å²) in [5.41, 5.74) is 3.29. The number of nitrogens with zero attached hydrogens (tertiary/aromatic N) is 1. The van der Waals surface area contributed by atoms with Crippen LogP contribution in [0.3, 0.4) is 0 Å². The zero-order valence-corrected chi connectivity index (χ0v) is 22.7. The van der Waals surface area contributed by atoms with Crippen molar-refractivity contribution in [1.82, 2.24) is 15.5 Å². The maximum atomic E-state index is 14.6. The highest BCUT2D eigenvalue weighted by molar-refractivity contribution is 6.31. The number of amides is 1. The van der Waals surface area contributed by atoms with Gasteiger partial charge < -0.3 is 20.3 Å². The predicted octanol–water partition coefficient (Wildman–Crippen LogP) is 5.26. The molecule has 6 rings (SSSR count). The molecule has 198 valence electrons. The minimum absolute atomic E-state index is 0.136. The average Bonchev–Trinajstić information content (AvgIpc) is 3.37. The Hall–Kier alpha value is -2.08. The lowest BCUT2D eigenvalue weighted by molar-refractivity contribution is -0.142. The van der Waals surface area contributed by atoms with Crippen LogP contribution in [0.2, 0.25) is 5.02 Å². The van der Waals surface area contributed by atoms with Gasteiger partial charge in [0.25, 0.3) is 0 Å². The fourth-order valence-corrected chi connectivity index (χ4v) is 8.36. The molecule has 2 N–H and O–H groups in total. The highest BCUT2D eigenvalue weighted by Crippen LogP contribution is 2.48. The van der Waals surface area contributed by atoms with Gasteiger partial charge >= 0.3 is 0 Å². The zero-order chi connectivity index (χ0) is 25.4. The quantitative estimate of drug-likeness (QED) is 0.576. The van der Waals surface area contributed by atoms with Crippen LogP contribution < -0.4 is 15.4 Å². The van der Waals surface area contributed by atoms with Crippen molar-refractivity contribution in [2.75, 3.05) is 33.3 Å². The van der Waals surface area contributed by atoms with Crippen LogP contribution in [0, 0.1) is 11.8 Å². The van der Waals surface area contributed by atoms with E-state index in [1.165, 1.54) is 37.7 Å². The monoisotopic (exact) mass is 521 g/mol. The van der Waals surface area contributed by atoms with E-state index in [0.717, 1.165) is 60.9 Å². The molecule has 6 heteroatoms. The van der Waals surface area contributed by atoms with Crippen molar-refractivity contribution in [2.24, 2.45) is 11.8 Å². The van der Waals surface area contributed by atoms with Gasteiger partial charge in [0.15, 0.2) is 0 Å². The lowest BCUT2D eigenvalue weighted by Gasteiger charge is -2.48. The van der Waals surface area contributed by atoms with Gasteiger partial charge in [-0.2, -0.15) is 0 Å². The lowest BCUT2D eigenvalue weighted by atomic mass is 9.67. The van der Waals surface area contributed by atoms with Crippen molar-refractivity contribution in [1.29, 1.82) is 0 Å². The first-order valence-corrected chi connectivity index (χ1v) is 14.6. The van der Waals surface area contributed by atoms with Gasteiger partial charge in [0, 0.05) is 54.8 Å². The van der Waals surface area contributed by atoms with E-state index in [0.29, 0.717) is 30.3 Å². The van der Waals surface area contributed by atoms with E-state index in [1.807, 2.05) is 12.1 Å². The molecule has 2 aromatic rings. The second-order valence-corrected chi connectivity index (χ2v) is 12.1. The number of benzene rings is 2. The number of hydrogen-bond acceptors (Lipinski definition) is 4. The van der Waals surface area contributed by atoms with Crippen molar-refractivity contribution in [3.8, 4) is 5.75 Å². The molecule has 1 spiro atoms. The summed E-state index contributed by atoms with van der Waals surface area (Å²) in [6.07, 6.45) is 8.53. The largest absolute Gasteiger partial charge is 0.496 e. The SMILES string of the molecule is COc1ccc(Cl)c2c1CNCC21CNCC1C(=O)N1CCC(c2ccccc2)CC1C1CCCCC1. The third kappa shape index (κ3) is 4.47. The van der Waals surface area contributed by atoms with Crippen molar-refractivity contribution in [2.45, 2.75) is 68.9 Å². The van der Waals surface area contributed by atoms with Crippen molar-refractivity contribution in [3.05, 3.63) is 64.2 Å². The third-order valence-corrected chi connectivity index (χ3v) is 10.1. The molecule has 1 aliphatic carbocycles. The van der Waals surface area contributed by atoms with Crippen LogP contribution in [0.5, 0.6) is 5.75 Å². The molecule has 0 aromatic heterocycles. The molecule has 5 nitrogen and oxygen atoms in total. The first kappa shape index (κ1) is 25.2. The van der Waals surface area contributed by atoms with Crippen molar-refractivity contribution in [3.63, 3.8) is 0 Å². The normalized spacial score (nSPS) is 30.3. The second-order valence-electron chi connectivity index (χ2n) is 11.7. The number of hydrogen-bond donors (Lipinski definition) is 2. The molecule has 2 aromatic carbocycles. The molecule has 0 radical (unpaired) electrons. The fourth-order valence-electron chi connectivity index (χ4n) is 8.00. The summed E-state index contributed by atoms with van der Waals surface area (Å²) in [5.74, 6) is 2.18. The maximum absolute atomic E-state index is 14.6. The summed E-state index contributed by atoms with van der Waals surface area (Å²) in [7, 11) is 1.71. The number of carbonyl (C=O) groups excluding carboxylic acids is 1. The van der Waals surface area contributed by atoms with E-state index in [-0.39, 0.29) is 11.3 Å². The molecule has 0 bridgehead atoms. The Morgan fingerprint density at radius 2 is 1.81 bits per heavy atom. The number of ether oxygens (including phenoxy) is 1. The highest BCUT2D eigenvalue weighted by atomic mass is 35.5. The number of rotatable bonds is 4. The number of likely N-dealkylation sites (tertiary alicyclic amines) is 1. The number of piperidine rings is 1. The smallest absolute Gasteiger partial charge is 0.228 e. The molecular formula is C31H40ClN3O2. The highest BCUT2D eigenvalue weighted by Gasteiger charge is 2.54. The molecule has 2 saturated heterocycles. The van der Waals surface area contributed by atoms with E-state index < -0.39 is 0 Å². The average molecular weight is 522 g/mol. The molecule has 4 unspecified atom stereocenters. The van der Waals surface area contributed by atoms with Crippen LogP contribution in [0.1, 0.15) is 67.6 Å². The third-order valence-electron chi connectivity index (χ3n) is 9.83. The van der Waals surface area contributed by atoms with E-state index in [4.69, 9.17) is 16.3 Å². The van der Waals surface area contributed by atoms with Crippen molar-refractivity contribution < 1.29 is 9.53 Å². The minimum Gasteiger partial charge on any atom is -0.496 e. The first-order chi connectivity index (χ1) is 18.1. The van der Waals surface area contributed by atoms with Crippen LogP contribution in [-0.4, -0.2) is 50.1 Å². The zero-order valence-electron chi connectivity index (χ0n) is 22.0. The molecule has 37 heavy (non-hydrogen) atoms. The summed E-state index contributed by atoms with van der Waals surface area (Å²) >= 11 is 6.90. The van der Waals surface area contributed by atoms with Crippen LogP contribution >= 0.6 is 11.6 Å². The molecule has 4 atom stereocenters. The number of nitrogens with one attached hydrogen (secondary N) is 2. The van der Waals surface area contributed by atoms with E-state index in [1.54, 1.807) is 7.11 Å². The Morgan fingerprint density at radius 3 is 2.59 bits per heavy atom. The number of halogens is 1. The van der Waals surface area contributed by atoms with Gasteiger partial charge in [-0.15, -0.1) is 0 Å². The van der Waals surface area contributed by atoms with Crippen LogP contribution in [0.25, 0.3) is 0 Å². The lowest BCUT2D eigenvalue weighted by Crippen LogP contribution is -2.57. The molecule has 4 aliphatic rings. The van der Waals surface area contributed by atoms with Gasteiger partial charge in [-0.05, 0) is 60.8 Å². The Morgan fingerprint density at radius 1 is 1.03 bits per heavy atom. The first-order valence-electron chi connectivity index (χ1n) is 14.2. The van der Waals surface area contributed by atoms with E-state index in [9.17, 15) is 4.79 Å². The molecule has 3 aliphatic heterocycles. The van der Waals surface area contributed by atoms with Crippen molar-refractivity contribution >= 4 is 17.5 Å². The van der Waals surface area contributed by atoms with Gasteiger partial charge in [-0.1, -0.05) is 61.2 Å². The standard InChI is InChI=1S/C31H40ClN3O2/c1-37-28-13-12-26(32)29-24(28)17-33-19-31(29)20-34-18-25(31)30(36)35-15-14-23(21-8-4-2-5-9-21)16-27(35)22-10-6-3-7-11-22/h2,4-5,8-9,12-13,22-23,25,27,33-34H,3,6-7,10-11,14-20H2,1H3. The van der Waals surface area contributed by atoms with Gasteiger partial charge in [-0.3, -0.25) is 4.79 Å². The van der Waals surface area contributed by atoms with Gasteiger partial charge in [0.2, 0.25) is 5.91 Å². The number of fused-ring (bicyclic) bond motifs is 2. The maximum Gasteiger partial charge on any atom is 0.228 e. The van der Waals surface area contributed by atoms with Gasteiger partial charge in [-0.25, -0.2) is 0 Å². The summed E-state index contributed by atoms with van der Waals surface area (Å²) < 4.78 is 5.72. The van der Waals surface area contributed by atoms with Crippen LogP contribution in [-0.2, 0) is 16.8 Å². The Kier molecular flexibility index (Phi) is 7.22. The molecular weight excluding hydrogens is 482 g/mol. The predicted molar refractivity (Wildman–Crippen MR) is 148 cm³/mol. The Balaban J connectivity index is 1.33. The van der Waals surface area contributed by atoms with Gasteiger partial charge in [0.1, 0.15) is 5.75 Å². The molecule has 3 heterocycles. The van der Waals surface area contributed by atoms with Crippen LogP contribution in [0.4, 0.5) is 0 Å². The molecule has 3 fully saturated rings. The topological polar surface area (TPSA) is 53.6 Å². The van der Waals surface area contributed by atoms with Crippen LogP contribution in [0.15, 0.2) is 42.5 Å². The summed E-state index contributed by atoms with van der Waals surface area (Å²) in [4.78, 5) is 16.9. The molecule has 1 amide bonds. The number of carbonyl (C=O) groups is 1. The summed E-state index contributed by atoms with van der Waals surface area (Å²) in [6.45, 7) is 3.77.